The van der Waals surface area contributed by atoms with Gasteiger partial charge in [-0.2, -0.15) is 0 Å². The number of carbonyl (C=O) groups is 1. The van der Waals surface area contributed by atoms with Gasteiger partial charge in [-0.15, -0.1) is 0 Å². The highest BCUT2D eigenvalue weighted by molar-refractivity contribution is 5.84. The van der Waals surface area contributed by atoms with Crippen LogP contribution in [0.2, 0.25) is 0 Å². The third kappa shape index (κ3) is 1.86. The molecule has 0 amide bonds. The van der Waals surface area contributed by atoms with Gasteiger partial charge >= 0.3 is 0 Å². The molecular weight excluding hydrogens is 184 g/mol. The molecule has 0 saturated heterocycles. The second-order valence-electron chi connectivity index (χ2n) is 6.20. The maximum atomic E-state index is 12.3. The molecule has 0 N–H and O–H groups in total. The van der Waals surface area contributed by atoms with Crippen LogP contribution < -0.4 is 0 Å². The molecule has 3 atom stereocenters. The van der Waals surface area contributed by atoms with E-state index in [1.54, 1.807) is 0 Å². The lowest BCUT2D eigenvalue weighted by Crippen LogP contribution is -2.46. The van der Waals surface area contributed by atoms with Crippen molar-refractivity contribution in [2.45, 2.75) is 59.3 Å². The van der Waals surface area contributed by atoms with Gasteiger partial charge in [-0.1, -0.05) is 33.6 Å². The molecule has 1 heteroatoms. The predicted octanol–water partition coefficient (Wildman–Crippen LogP) is 3.82. The van der Waals surface area contributed by atoms with Crippen molar-refractivity contribution >= 4 is 5.78 Å². The lowest BCUT2D eigenvalue weighted by Gasteiger charge is -2.48. The monoisotopic (exact) mass is 208 g/mol. The van der Waals surface area contributed by atoms with E-state index >= 15 is 0 Å². The van der Waals surface area contributed by atoms with Crippen molar-refractivity contribution in [1.29, 1.82) is 0 Å². The Bertz CT molecular complexity index is 254. The first kappa shape index (κ1) is 11.2. The molecule has 0 aromatic heterocycles. The zero-order valence-corrected chi connectivity index (χ0v) is 10.4. The molecule has 2 aliphatic rings. The highest BCUT2D eigenvalue weighted by Gasteiger charge is 2.47. The van der Waals surface area contributed by atoms with Crippen LogP contribution in [0.15, 0.2) is 0 Å². The van der Waals surface area contributed by atoms with Crippen LogP contribution in [0.4, 0.5) is 0 Å². The maximum Gasteiger partial charge on any atom is 0.139 e. The SMILES string of the molecule is CCC1CC(C)(C)C2CCCCC2C1=O. The fourth-order valence-corrected chi connectivity index (χ4v) is 3.94. The summed E-state index contributed by atoms with van der Waals surface area (Å²) in [7, 11) is 0. The molecule has 86 valence electrons. The lowest BCUT2D eigenvalue weighted by molar-refractivity contribution is -0.139. The molecule has 2 fully saturated rings. The summed E-state index contributed by atoms with van der Waals surface area (Å²) in [4.78, 5) is 12.3. The Morgan fingerprint density at radius 3 is 2.60 bits per heavy atom. The Kier molecular flexibility index (Phi) is 2.92. The summed E-state index contributed by atoms with van der Waals surface area (Å²) in [5.41, 5.74) is 0.402. The van der Waals surface area contributed by atoms with Crippen molar-refractivity contribution in [2.75, 3.05) is 0 Å². The summed E-state index contributed by atoms with van der Waals surface area (Å²) in [6, 6.07) is 0. The number of rotatable bonds is 1. The lowest BCUT2D eigenvalue weighted by atomic mass is 9.55. The molecule has 2 rings (SSSR count). The van der Waals surface area contributed by atoms with Gasteiger partial charge in [0.25, 0.3) is 0 Å². The number of fused-ring (bicyclic) bond motifs is 1. The number of hydrogen-bond acceptors (Lipinski definition) is 1. The molecule has 0 heterocycles. The molecule has 1 nitrogen and oxygen atoms in total. The highest BCUT2D eigenvalue weighted by Crippen LogP contribution is 2.51. The Morgan fingerprint density at radius 2 is 1.93 bits per heavy atom. The van der Waals surface area contributed by atoms with E-state index in [1.165, 1.54) is 25.7 Å². The quantitative estimate of drug-likeness (QED) is 0.640. The standard InChI is InChI=1S/C14H24O/c1-4-10-9-14(2,3)12-8-6-5-7-11(12)13(10)15/h10-12H,4-9H2,1-3H3. The second-order valence-corrected chi connectivity index (χ2v) is 6.20. The van der Waals surface area contributed by atoms with Crippen LogP contribution >= 0.6 is 0 Å². The first-order chi connectivity index (χ1) is 7.06. The molecule has 0 spiro atoms. The van der Waals surface area contributed by atoms with E-state index in [0.29, 0.717) is 29.0 Å². The molecule has 2 aliphatic carbocycles. The van der Waals surface area contributed by atoms with Gasteiger partial charge in [0.05, 0.1) is 0 Å². The molecule has 0 bridgehead atoms. The third-order valence-electron chi connectivity index (χ3n) is 4.80. The van der Waals surface area contributed by atoms with Crippen molar-refractivity contribution in [3.8, 4) is 0 Å². The number of Topliss-reactive ketones (excluding diaryl/α,β-unsaturated/α-hetero) is 1. The number of hydrogen-bond donors (Lipinski definition) is 0. The van der Waals surface area contributed by atoms with Crippen LogP contribution in [0, 0.1) is 23.2 Å². The Labute approximate surface area is 93.6 Å². The zero-order chi connectivity index (χ0) is 11.1. The number of ketones is 1. The van der Waals surface area contributed by atoms with Crippen LogP contribution in [-0.2, 0) is 4.79 Å². The smallest absolute Gasteiger partial charge is 0.139 e. The molecular formula is C14H24O. The van der Waals surface area contributed by atoms with Gasteiger partial charge in [0.2, 0.25) is 0 Å². The van der Waals surface area contributed by atoms with E-state index in [9.17, 15) is 4.79 Å². The Balaban J connectivity index is 2.22. The summed E-state index contributed by atoms with van der Waals surface area (Å²) >= 11 is 0. The fourth-order valence-electron chi connectivity index (χ4n) is 3.94. The summed E-state index contributed by atoms with van der Waals surface area (Å²) in [5.74, 6) is 2.05. The minimum atomic E-state index is 0.361. The molecule has 2 saturated carbocycles. The van der Waals surface area contributed by atoms with E-state index in [-0.39, 0.29) is 0 Å². The zero-order valence-electron chi connectivity index (χ0n) is 10.4. The average Bonchev–Trinajstić information content (AvgIpc) is 2.24. The summed E-state index contributed by atoms with van der Waals surface area (Å²) in [6.07, 6.45) is 7.26. The van der Waals surface area contributed by atoms with E-state index in [0.717, 1.165) is 12.8 Å². The summed E-state index contributed by atoms with van der Waals surface area (Å²) in [5, 5.41) is 0. The van der Waals surface area contributed by atoms with Crippen molar-refractivity contribution in [2.24, 2.45) is 23.2 Å². The van der Waals surface area contributed by atoms with Crippen molar-refractivity contribution in [3.63, 3.8) is 0 Å². The minimum absolute atomic E-state index is 0.361. The van der Waals surface area contributed by atoms with Gasteiger partial charge in [0.1, 0.15) is 5.78 Å². The Morgan fingerprint density at radius 1 is 1.27 bits per heavy atom. The topological polar surface area (TPSA) is 17.1 Å². The van der Waals surface area contributed by atoms with Crippen molar-refractivity contribution in [1.82, 2.24) is 0 Å². The third-order valence-corrected chi connectivity index (χ3v) is 4.80. The van der Waals surface area contributed by atoms with E-state index in [1.807, 2.05) is 0 Å². The van der Waals surface area contributed by atoms with Crippen LogP contribution in [0.1, 0.15) is 59.3 Å². The predicted molar refractivity (Wildman–Crippen MR) is 62.6 cm³/mol. The van der Waals surface area contributed by atoms with Gasteiger partial charge in [0, 0.05) is 11.8 Å². The second kappa shape index (κ2) is 3.92. The van der Waals surface area contributed by atoms with Gasteiger partial charge in [-0.05, 0) is 37.0 Å². The normalized spacial score (nSPS) is 39.9. The van der Waals surface area contributed by atoms with Gasteiger partial charge in [-0.25, -0.2) is 0 Å². The Hall–Kier alpha value is -0.330. The van der Waals surface area contributed by atoms with Crippen LogP contribution in [0.25, 0.3) is 0 Å². The minimum Gasteiger partial charge on any atom is -0.299 e. The van der Waals surface area contributed by atoms with Crippen molar-refractivity contribution < 1.29 is 4.79 Å². The maximum absolute atomic E-state index is 12.3. The molecule has 0 aromatic carbocycles. The molecule has 0 radical (unpaired) electrons. The van der Waals surface area contributed by atoms with Crippen molar-refractivity contribution in [3.05, 3.63) is 0 Å². The van der Waals surface area contributed by atoms with Crippen LogP contribution in [0.5, 0.6) is 0 Å². The van der Waals surface area contributed by atoms with Gasteiger partial charge < -0.3 is 0 Å². The van der Waals surface area contributed by atoms with E-state index in [2.05, 4.69) is 20.8 Å². The average molecular weight is 208 g/mol. The van der Waals surface area contributed by atoms with E-state index in [4.69, 9.17) is 0 Å². The summed E-state index contributed by atoms with van der Waals surface area (Å²) < 4.78 is 0. The fraction of sp³-hybridized carbons (Fsp3) is 0.929. The molecule has 0 aliphatic heterocycles. The summed E-state index contributed by atoms with van der Waals surface area (Å²) in [6.45, 7) is 6.93. The van der Waals surface area contributed by atoms with Crippen LogP contribution in [-0.4, -0.2) is 5.78 Å². The molecule has 15 heavy (non-hydrogen) atoms. The van der Waals surface area contributed by atoms with Gasteiger partial charge in [-0.3, -0.25) is 4.79 Å². The molecule has 3 unspecified atom stereocenters. The largest absolute Gasteiger partial charge is 0.299 e. The van der Waals surface area contributed by atoms with Crippen LogP contribution in [0.3, 0.4) is 0 Å². The first-order valence-electron chi connectivity index (χ1n) is 6.60. The highest BCUT2D eigenvalue weighted by atomic mass is 16.1. The van der Waals surface area contributed by atoms with E-state index < -0.39 is 0 Å². The van der Waals surface area contributed by atoms with Gasteiger partial charge in [0.15, 0.2) is 0 Å². The first-order valence-corrected chi connectivity index (χ1v) is 6.60. The number of carbonyl (C=O) groups excluding carboxylic acids is 1. The molecule has 0 aromatic rings.